The van der Waals surface area contributed by atoms with Crippen molar-refractivity contribution in [2.75, 3.05) is 0 Å². The summed E-state index contributed by atoms with van der Waals surface area (Å²) < 4.78 is 4.81. The van der Waals surface area contributed by atoms with Crippen LogP contribution in [0.15, 0.2) is 42.5 Å². The van der Waals surface area contributed by atoms with Gasteiger partial charge in [0.05, 0.1) is 11.5 Å². The van der Waals surface area contributed by atoms with Crippen LogP contribution in [-0.2, 0) is 4.79 Å². The molecule has 4 nitrogen and oxygen atoms in total. The summed E-state index contributed by atoms with van der Waals surface area (Å²) in [5.41, 5.74) is 0.0827. The number of hydrogen-bond donors (Lipinski definition) is 1. The van der Waals surface area contributed by atoms with E-state index in [9.17, 15) is 14.7 Å². The van der Waals surface area contributed by atoms with E-state index in [1.807, 2.05) is 24.3 Å². The Balaban J connectivity index is 2.16. The lowest BCUT2D eigenvalue weighted by Gasteiger charge is -2.04. The van der Waals surface area contributed by atoms with Gasteiger partial charge in [-0.2, -0.15) is 0 Å². The van der Waals surface area contributed by atoms with Crippen molar-refractivity contribution in [3.05, 3.63) is 48.1 Å². The molecule has 4 heteroatoms. The van der Waals surface area contributed by atoms with E-state index in [4.69, 9.17) is 4.74 Å². The Morgan fingerprint density at radius 1 is 1.25 bits per heavy atom. The van der Waals surface area contributed by atoms with Gasteiger partial charge in [-0.1, -0.05) is 30.2 Å². The summed E-state index contributed by atoms with van der Waals surface area (Å²) in [5.74, 6) is 4.14. The SMILES string of the molecule is CC(=O)Oc1ccc(C(=O)C#CC2C=CC=C2)c(O)c1. The largest absolute Gasteiger partial charge is 0.507 e. The molecule has 0 atom stereocenters. The number of ether oxygens (including phenoxy) is 1. The molecule has 0 amide bonds. The highest BCUT2D eigenvalue weighted by Gasteiger charge is 2.11. The van der Waals surface area contributed by atoms with E-state index < -0.39 is 11.8 Å². The van der Waals surface area contributed by atoms with Crippen molar-refractivity contribution in [3.8, 4) is 23.3 Å². The Hall–Kier alpha value is -2.80. The highest BCUT2D eigenvalue weighted by molar-refractivity contribution is 6.10. The van der Waals surface area contributed by atoms with Crippen LogP contribution >= 0.6 is 0 Å². The average Bonchev–Trinajstić information content (AvgIpc) is 2.88. The Morgan fingerprint density at radius 3 is 2.55 bits per heavy atom. The molecular formula is C16H12O4. The van der Waals surface area contributed by atoms with E-state index in [0.29, 0.717) is 0 Å². The highest BCUT2D eigenvalue weighted by atomic mass is 16.5. The third kappa shape index (κ3) is 3.36. The first-order chi connectivity index (χ1) is 9.56. The molecule has 0 saturated heterocycles. The Kier molecular flexibility index (Phi) is 4.02. The summed E-state index contributed by atoms with van der Waals surface area (Å²) in [6.45, 7) is 1.25. The number of phenolic OH excluding ortho intramolecular Hbond substituents is 1. The minimum absolute atomic E-state index is 0.0681. The zero-order chi connectivity index (χ0) is 14.5. The van der Waals surface area contributed by atoms with Crippen LogP contribution in [0, 0.1) is 17.8 Å². The summed E-state index contributed by atoms with van der Waals surface area (Å²) in [5, 5.41) is 9.76. The smallest absolute Gasteiger partial charge is 0.308 e. The van der Waals surface area contributed by atoms with Crippen LogP contribution in [0.5, 0.6) is 11.5 Å². The summed E-state index contributed by atoms with van der Waals surface area (Å²) in [6, 6.07) is 4.03. The van der Waals surface area contributed by atoms with Crippen molar-refractivity contribution >= 4 is 11.8 Å². The molecule has 1 N–H and O–H groups in total. The topological polar surface area (TPSA) is 63.6 Å². The molecule has 1 aromatic carbocycles. The number of ketones is 1. The van der Waals surface area contributed by atoms with Gasteiger partial charge in [0.1, 0.15) is 11.5 Å². The zero-order valence-corrected chi connectivity index (χ0v) is 10.8. The van der Waals surface area contributed by atoms with Crippen LogP contribution < -0.4 is 4.74 Å². The number of phenols is 1. The van der Waals surface area contributed by atoms with Crippen molar-refractivity contribution in [1.29, 1.82) is 0 Å². The molecule has 0 heterocycles. The number of carbonyl (C=O) groups excluding carboxylic acids is 2. The van der Waals surface area contributed by atoms with Crippen LogP contribution in [0.1, 0.15) is 17.3 Å². The first-order valence-corrected chi connectivity index (χ1v) is 5.98. The molecule has 1 aliphatic rings. The standard InChI is InChI=1S/C16H12O4/c1-11(17)20-13-7-8-14(16(19)10-13)15(18)9-6-12-4-2-3-5-12/h2-5,7-8,10,12,19H,1H3. The minimum Gasteiger partial charge on any atom is -0.507 e. The number of rotatable bonds is 2. The molecule has 0 aromatic heterocycles. The molecule has 0 radical (unpaired) electrons. The van der Waals surface area contributed by atoms with Gasteiger partial charge < -0.3 is 9.84 Å². The number of esters is 1. The average molecular weight is 268 g/mol. The van der Waals surface area contributed by atoms with Crippen molar-refractivity contribution in [2.45, 2.75) is 6.92 Å². The van der Waals surface area contributed by atoms with Gasteiger partial charge in [-0.15, -0.1) is 0 Å². The lowest BCUT2D eigenvalue weighted by Crippen LogP contribution is -2.02. The monoisotopic (exact) mass is 268 g/mol. The van der Waals surface area contributed by atoms with Crippen molar-refractivity contribution in [1.82, 2.24) is 0 Å². The highest BCUT2D eigenvalue weighted by Crippen LogP contribution is 2.24. The number of carbonyl (C=O) groups is 2. The predicted molar refractivity (Wildman–Crippen MR) is 73.3 cm³/mol. The van der Waals surface area contributed by atoms with E-state index in [1.54, 1.807) is 0 Å². The second kappa shape index (κ2) is 5.89. The van der Waals surface area contributed by atoms with Crippen molar-refractivity contribution in [3.63, 3.8) is 0 Å². The number of benzene rings is 1. The van der Waals surface area contributed by atoms with Crippen molar-refractivity contribution in [2.24, 2.45) is 5.92 Å². The maximum atomic E-state index is 11.9. The first-order valence-electron chi connectivity index (χ1n) is 5.98. The van der Waals surface area contributed by atoms with Gasteiger partial charge in [0.25, 0.3) is 0 Å². The maximum absolute atomic E-state index is 11.9. The molecule has 0 aliphatic heterocycles. The number of hydrogen-bond acceptors (Lipinski definition) is 4. The Morgan fingerprint density at radius 2 is 1.95 bits per heavy atom. The van der Waals surface area contributed by atoms with Gasteiger partial charge in [0.15, 0.2) is 0 Å². The summed E-state index contributed by atoms with van der Waals surface area (Å²) >= 11 is 0. The van der Waals surface area contributed by atoms with Crippen LogP contribution in [0.3, 0.4) is 0 Å². The van der Waals surface area contributed by atoms with Crippen LogP contribution in [0.4, 0.5) is 0 Å². The molecule has 1 aromatic rings. The fourth-order valence-electron chi connectivity index (χ4n) is 1.68. The molecule has 20 heavy (non-hydrogen) atoms. The molecule has 0 spiro atoms. The second-order valence-corrected chi connectivity index (χ2v) is 4.17. The fraction of sp³-hybridized carbons (Fsp3) is 0.125. The minimum atomic E-state index is -0.497. The first kappa shape index (κ1) is 13.6. The van der Waals surface area contributed by atoms with Gasteiger partial charge in [-0.25, -0.2) is 0 Å². The fourth-order valence-corrected chi connectivity index (χ4v) is 1.68. The summed E-state index contributed by atoms with van der Waals surface area (Å²) in [6.07, 6.45) is 7.44. The van der Waals surface area contributed by atoms with E-state index in [-0.39, 0.29) is 23.0 Å². The van der Waals surface area contributed by atoms with Gasteiger partial charge in [0, 0.05) is 13.0 Å². The van der Waals surface area contributed by atoms with Crippen LogP contribution in [-0.4, -0.2) is 16.9 Å². The van der Waals surface area contributed by atoms with E-state index >= 15 is 0 Å². The molecule has 1 aliphatic carbocycles. The van der Waals surface area contributed by atoms with E-state index in [1.165, 1.54) is 25.1 Å². The second-order valence-electron chi connectivity index (χ2n) is 4.17. The summed E-state index contributed by atoms with van der Waals surface area (Å²) in [7, 11) is 0. The predicted octanol–water partition coefficient (Wildman–Crippen LogP) is 2.25. The molecule has 0 unspecified atom stereocenters. The maximum Gasteiger partial charge on any atom is 0.308 e. The molecule has 2 rings (SSSR count). The van der Waals surface area contributed by atoms with Crippen molar-refractivity contribution < 1.29 is 19.4 Å². The Bertz CT molecular complexity index is 659. The number of allylic oxidation sites excluding steroid dienone is 4. The van der Waals surface area contributed by atoms with Gasteiger partial charge in [0.2, 0.25) is 5.78 Å². The third-order valence-electron chi connectivity index (χ3n) is 2.58. The lowest BCUT2D eigenvalue weighted by molar-refractivity contribution is -0.131. The zero-order valence-electron chi connectivity index (χ0n) is 10.8. The molecule has 0 bridgehead atoms. The van der Waals surface area contributed by atoms with Gasteiger partial charge >= 0.3 is 5.97 Å². The Labute approximate surface area is 116 Å². The van der Waals surface area contributed by atoms with Gasteiger partial charge in [-0.05, 0) is 18.1 Å². The van der Waals surface area contributed by atoms with Gasteiger partial charge in [-0.3, -0.25) is 9.59 Å². The molecular weight excluding hydrogens is 256 g/mol. The van der Waals surface area contributed by atoms with E-state index in [0.717, 1.165) is 0 Å². The van der Waals surface area contributed by atoms with Crippen LogP contribution in [0.2, 0.25) is 0 Å². The molecule has 0 fully saturated rings. The normalized spacial score (nSPS) is 12.8. The number of aromatic hydroxyl groups is 1. The van der Waals surface area contributed by atoms with E-state index in [2.05, 4.69) is 11.8 Å². The number of Topliss-reactive ketones (excluding diaryl/α,β-unsaturated/α-hetero) is 1. The summed E-state index contributed by atoms with van der Waals surface area (Å²) in [4.78, 5) is 22.7. The molecule has 100 valence electrons. The quantitative estimate of drug-likeness (QED) is 0.294. The van der Waals surface area contributed by atoms with Crippen LogP contribution in [0.25, 0.3) is 0 Å². The molecule has 0 saturated carbocycles. The lowest BCUT2D eigenvalue weighted by atomic mass is 10.1. The third-order valence-corrected chi connectivity index (χ3v) is 2.58.